The number of rotatable bonds is 4. The van der Waals surface area contributed by atoms with Gasteiger partial charge in [0.05, 0.1) is 18.8 Å². The Morgan fingerprint density at radius 3 is 2.82 bits per heavy atom. The highest BCUT2D eigenvalue weighted by Gasteiger charge is 2.32. The van der Waals surface area contributed by atoms with E-state index >= 15 is 0 Å². The van der Waals surface area contributed by atoms with Gasteiger partial charge in [-0.3, -0.25) is 0 Å². The molecule has 2 atom stereocenters. The molecule has 1 heterocycles. The van der Waals surface area contributed by atoms with Gasteiger partial charge in [-0.1, -0.05) is 46.3 Å². The van der Waals surface area contributed by atoms with E-state index in [2.05, 4.69) is 21.2 Å². The number of alkyl carbamates (subject to hydrolysis) is 1. The molecule has 92 valence electrons. The molecule has 1 N–H and O–H groups in total. The predicted molar refractivity (Wildman–Crippen MR) is 67.1 cm³/mol. The Labute approximate surface area is 108 Å². The Bertz CT molecular complexity index is 369. The van der Waals surface area contributed by atoms with Gasteiger partial charge in [-0.05, 0) is 5.56 Å². The molecule has 0 bridgehead atoms. The second-order valence-electron chi connectivity index (χ2n) is 3.84. The number of carbonyl (C=O) groups excluding carboxylic acids is 1. The van der Waals surface area contributed by atoms with Gasteiger partial charge in [0.2, 0.25) is 0 Å². The van der Waals surface area contributed by atoms with Gasteiger partial charge in [-0.15, -0.1) is 0 Å². The second kappa shape index (κ2) is 6.02. The van der Waals surface area contributed by atoms with Crippen LogP contribution in [0.15, 0.2) is 30.3 Å². The summed E-state index contributed by atoms with van der Waals surface area (Å²) in [7, 11) is 0. The highest BCUT2D eigenvalue weighted by Crippen LogP contribution is 2.14. The molecule has 0 saturated carbocycles. The largest absolute Gasteiger partial charge is 0.445 e. The maximum Gasteiger partial charge on any atom is 0.407 e. The van der Waals surface area contributed by atoms with Crippen molar-refractivity contribution in [3.8, 4) is 0 Å². The van der Waals surface area contributed by atoms with E-state index in [-0.39, 0.29) is 12.1 Å². The summed E-state index contributed by atoms with van der Waals surface area (Å²) in [5, 5.41) is 3.49. The first-order chi connectivity index (χ1) is 8.29. The summed E-state index contributed by atoms with van der Waals surface area (Å²) in [6, 6.07) is 9.64. The molecule has 0 radical (unpaired) electrons. The molecule has 1 fully saturated rings. The van der Waals surface area contributed by atoms with Gasteiger partial charge < -0.3 is 14.8 Å². The van der Waals surface area contributed by atoms with E-state index in [9.17, 15) is 4.79 Å². The number of amides is 1. The third-order valence-electron chi connectivity index (χ3n) is 2.61. The van der Waals surface area contributed by atoms with Gasteiger partial charge in [0.1, 0.15) is 6.61 Å². The Kier molecular flexibility index (Phi) is 4.39. The first-order valence-electron chi connectivity index (χ1n) is 5.44. The Balaban J connectivity index is 1.71. The van der Waals surface area contributed by atoms with E-state index in [1.807, 2.05) is 30.3 Å². The maximum absolute atomic E-state index is 11.5. The molecule has 1 aliphatic heterocycles. The molecule has 1 aromatic carbocycles. The zero-order valence-corrected chi connectivity index (χ0v) is 10.9. The van der Waals surface area contributed by atoms with Crippen molar-refractivity contribution in [3.63, 3.8) is 0 Å². The molecule has 1 aromatic rings. The molecular formula is C12H14BrNO3. The molecule has 1 amide bonds. The topological polar surface area (TPSA) is 47.6 Å². The number of hydrogen-bond acceptors (Lipinski definition) is 3. The van der Waals surface area contributed by atoms with Crippen molar-refractivity contribution in [3.05, 3.63) is 35.9 Å². The van der Waals surface area contributed by atoms with E-state index in [0.29, 0.717) is 13.2 Å². The van der Waals surface area contributed by atoms with E-state index in [1.54, 1.807) is 0 Å². The third-order valence-corrected chi connectivity index (χ3v) is 3.24. The van der Waals surface area contributed by atoms with Gasteiger partial charge in [0.15, 0.2) is 0 Å². The predicted octanol–water partition coefficient (Wildman–Crippen LogP) is 2.08. The molecule has 0 unspecified atom stereocenters. The Morgan fingerprint density at radius 2 is 2.24 bits per heavy atom. The molecule has 17 heavy (non-hydrogen) atoms. The Morgan fingerprint density at radius 1 is 1.47 bits per heavy atom. The molecule has 1 aliphatic rings. The minimum Gasteiger partial charge on any atom is -0.445 e. The average molecular weight is 300 g/mol. The molecule has 2 rings (SSSR count). The fraction of sp³-hybridized carbons (Fsp3) is 0.417. The van der Waals surface area contributed by atoms with Crippen LogP contribution in [0.4, 0.5) is 4.79 Å². The smallest absolute Gasteiger partial charge is 0.407 e. The van der Waals surface area contributed by atoms with Crippen molar-refractivity contribution in [2.45, 2.75) is 18.8 Å². The van der Waals surface area contributed by atoms with Crippen LogP contribution in [0, 0.1) is 0 Å². The first-order valence-corrected chi connectivity index (χ1v) is 6.56. The number of benzene rings is 1. The SMILES string of the molecule is O=C(N[C@H]1CO[C@@H]1CBr)OCc1ccccc1. The second-order valence-corrected chi connectivity index (χ2v) is 4.49. The minimum atomic E-state index is -0.395. The zero-order valence-electron chi connectivity index (χ0n) is 9.27. The summed E-state index contributed by atoms with van der Waals surface area (Å²) in [5.41, 5.74) is 0.976. The summed E-state index contributed by atoms with van der Waals surface area (Å²) in [6.45, 7) is 0.843. The van der Waals surface area contributed by atoms with E-state index < -0.39 is 6.09 Å². The summed E-state index contributed by atoms with van der Waals surface area (Å²) in [4.78, 5) is 11.5. The molecule has 4 nitrogen and oxygen atoms in total. The molecular weight excluding hydrogens is 286 g/mol. The minimum absolute atomic E-state index is 0.0534. The van der Waals surface area contributed by atoms with Crippen LogP contribution in [-0.2, 0) is 16.1 Å². The molecule has 1 saturated heterocycles. The van der Waals surface area contributed by atoms with Crippen LogP contribution in [0.3, 0.4) is 0 Å². The van der Waals surface area contributed by atoms with Crippen LogP contribution >= 0.6 is 15.9 Å². The van der Waals surface area contributed by atoms with Crippen LogP contribution in [0.1, 0.15) is 5.56 Å². The van der Waals surface area contributed by atoms with Crippen LogP contribution in [0.25, 0.3) is 0 Å². The van der Waals surface area contributed by atoms with Crippen LogP contribution in [0.2, 0.25) is 0 Å². The summed E-state index contributed by atoms with van der Waals surface area (Å²) in [6.07, 6.45) is -0.340. The van der Waals surface area contributed by atoms with Crippen molar-refractivity contribution < 1.29 is 14.3 Å². The highest BCUT2D eigenvalue weighted by atomic mass is 79.9. The van der Waals surface area contributed by atoms with Gasteiger partial charge in [0, 0.05) is 5.33 Å². The van der Waals surface area contributed by atoms with Crippen molar-refractivity contribution in [1.82, 2.24) is 5.32 Å². The lowest BCUT2D eigenvalue weighted by atomic mass is 10.1. The third kappa shape index (κ3) is 3.44. The number of nitrogens with one attached hydrogen (secondary N) is 1. The van der Waals surface area contributed by atoms with Crippen molar-refractivity contribution in [2.24, 2.45) is 0 Å². The lowest BCUT2D eigenvalue weighted by Crippen LogP contribution is -2.56. The number of alkyl halides is 1. The Hall–Kier alpha value is -1.07. The van der Waals surface area contributed by atoms with Crippen LogP contribution < -0.4 is 5.32 Å². The van der Waals surface area contributed by atoms with Crippen LogP contribution in [0.5, 0.6) is 0 Å². The van der Waals surface area contributed by atoms with E-state index in [4.69, 9.17) is 9.47 Å². The number of carbonyl (C=O) groups is 1. The fourth-order valence-electron chi connectivity index (χ4n) is 1.53. The van der Waals surface area contributed by atoms with Crippen molar-refractivity contribution in [2.75, 3.05) is 11.9 Å². The van der Waals surface area contributed by atoms with Crippen molar-refractivity contribution >= 4 is 22.0 Å². The van der Waals surface area contributed by atoms with E-state index in [0.717, 1.165) is 10.9 Å². The fourth-order valence-corrected chi connectivity index (χ4v) is 2.17. The molecule has 0 aromatic heterocycles. The number of halogens is 1. The van der Waals surface area contributed by atoms with Gasteiger partial charge in [-0.25, -0.2) is 4.79 Å². The highest BCUT2D eigenvalue weighted by molar-refractivity contribution is 9.09. The zero-order chi connectivity index (χ0) is 12.1. The maximum atomic E-state index is 11.5. The van der Waals surface area contributed by atoms with Gasteiger partial charge in [-0.2, -0.15) is 0 Å². The monoisotopic (exact) mass is 299 g/mol. The normalized spacial score (nSPS) is 22.6. The van der Waals surface area contributed by atoms with Gasteiger partial charge in [0.25, 0.3) is 0 Å². The average Bonchev–Trinajstić information content (AvgIpc) is 2.34. The van der Waals surface area contributed by atoms with E-state index in [1.165, 1.54) is 0 Å². The molecule has 0 aliphatic carbocycles. The standard InChI is InChI=1S/C12H14BrNO3/c13-6-11-10(8-16-11)14-12(15)17-7-9-4-2-1-3-5-9/h1-5,10-11H,6-8H2,(H,14,15)/t10-,11+/m0/s1. The summed E-state index contributed by atoms with van der Waals surface area (Å²) in [5.74, 6) is 0. The molecule has 0 spiro atoms. The quantitative estimate of drug-likeness (QED) is 0.866. The lowest BCUT2D eigenvalue weighted by molar-refractivity contribution is -0.0699. The number of ether oxygens (including phenoxy) is 2. The number of hydrogen-bond donors (Lipinski definition) is 1. The van der Waals surface area contributed by atoms with Crippen LogP contribution in [-0.4, -0.2) is 30.2 Å². The summed E-state index contributed by atoms with van der Waals surface area (Å²) >= 11 is 3.32. The first kappa shape index (κ1) is 12.4. The lowest BCUT2D eigenvalue weighted by Gasteiger charge is -2.35. The van der Waals surface area contributed by atoms with Gasteiger partial charge >= 0.3 is 6.09 Å². The summed E-state index contributed by atoms with van der Waals surface area (Å²) < 4.78 is 10.3. The molecule has 5 heteroatoms. The van der Waals surface area contributed by atoms with Crippen molar-refractivity contribution in [1.29, 1.82) is 0 Å².